The SMILES string of the molecule is CCOC(=O)c1c(-c2ccc(Cl)cc2)csc1NC(=O)c1ccc(CSC)cc1. The van der Waals surface area contributed by atoms with Crippen LogP contribution in [0, 0.1) is 0 Å². The Bertz CT molecular complexity index is 998. The third-order valence-electron chi connectivity index (χ3n) is 4.18. The Balaban J connectivity index is 1.91. The van der Waals surface area contributed by atoms with Crippen LogP contribution in [0.3, 0.4) is 0 Å². The molecule has 1 aromatic heterocycles. The molecule has 3 rings (SSSR count). The van der Waals surface area contributed by atoms with E-state index < -0.39 is 5.97 Å². The first-order chi connectivity index (χ1) is 14.0. The Kier molecular flexibility index (Phi) is 7.36. The first-order valence-electron chi connectivity index (χ1n) is 8.97. The molecule has 4 nitrogen and oxygen atoms in total. The van der Waals surface area contributed by atoms with Gasteiger partial charge in [-0.2, -0.15) is 11.8 Å². The highest BCUT2D eigenvalue weighted by atomic mass is 35.5. The van der Waals surface area contributed by atoms with Crippen molar-refractivity contribution < 1.29 is 14.3 Å². The van der Waals surface area contributed by atoms with Crippen molar-refractivity contribution in [3.8, 4) is 11.1 Å². The number of hydrogen-bond donors (Lipinski definition) is 1. The maximum atomic E-state index is 12.7. The molecule has 1 N–H and O–H groups in total. The maximum Gasteiger partial charge on any atom is 0.341 e. The smallest absolute Gasteiger partial charge is 0.341 e. The number of nitrogens with one attached hydrogen (secondary N) is 1. The highest BCUT2D eigenvalue weighted by molar-refractivity contribution is 7.97. The van der Waals surface area contributed by atoms with Gasteiger partial charge in [0.25, 0.3) is 5.91 Å². The molecule has 0 atom stereocenters. The van der Waals surface area contributed by atoms with Crippen molar-refractivity contribution in [2.24, 2.45) is 0 Å². The van der Waals surface area contributed by atoms with Crippen LogP contribution in [0.1, 0.15) is 33.2 Å². The van der Waals surface area contributed by atoms with E-state index in [1.54, 1.807) is 43.0 Å². The molecule has 1 amide bonds. The van der Waals surface area contributed by atoms with Gasteiger partial charge < -0.3 is 10.1 Å². The van der Waals surface area contributed by atoms with Gasteiger partial charge in [0.1, 0.15) is 10.6 Å². The van der Waals surface area contributed by atoms with E-state index in [9.17, 15) is 9.59 Å². The van der Waals surface area contributed by atoms with E-state index in [1.165, 1.54) is 11.3 Å². The van der Waals surface area contributed by atoms with Crippen molar-refractivity contribution in [3.05, 3.63) is 75.6 Å². The number of rotatable bonds is 7. The average molecular weight is 446 g/mol. The summed E-state index contributed by atoms with van der Waals surface area (Å²) in [6.45, 7) is 2.00. The van der Waals surface area contributed by atoms with Crippen molar-refractivity contribution in [2.75, 3.05) is 18.2 Å². The molecule has 2 aromatic carbocycles. The zero-order valence-corrected chi connectivity index (χ0v) is 18.4. The van der Waals surface area contributed by atoms with Crippen molar-refractivity contribution in [1.29, 1.82) is 0 Å². The normalized spacial score (nSPS) is 10.6. The first-order valence-corrected chi connectivity index (χ1v) is 11.6. The van der Waals surface area contributed by atoms with Gasteiger partial charge in [-0.05, 0) is 48.6 Å². The molecule has 3 aromatic rings. The van der Waals surface area contributed by atoms with Crippen LogP contribution in [0.4, 0.5) is 5.00 Å². The Morgan fingerprint density at radius 1 is 1.10 bits per heavy atom. The summed E-state index contributed by atoms with van der Waals surface area (Å²) >= 11 is 9.00. The van der Waals surface area contributed by atoms with E-state index in [-0.39, 0.29) is 12.5 Å². The van der Waals surface area contributed by atoms with Crippen LogP contribution < -0.4 is 5.32 Å². The number of carbonyl (C=O) groups is 2. The van der Waals surface area contributed by atoms with Gasteiger partial charge in [-0.15, -0.1) is 11.3 Å². The fourth-order valence-corrected chi connectivity index (χ4v) is 4.40. The summed E-state index contributed by atoms with van der Waals surface area (Å²) in [5, 5.41) is 5.78. The molecule has 0 radical (unpaired) electrons. The van der Waals surface area contributed by atoms with Gasteiger partial charge in [0.15, 0.2) is 0 Å². The van der Waals surface area contributed by atoms with Gasteiger partial charge in [0.2, 0.25) is 0 Å². The summed E-state index contributed by atoms with van der Waals surface area (Å²) in [5.41, 5.74) is 3.58. The van der Waals surface area contributed by atoms with E-state index in [2.05, 4.69) is 5.32 Å². The number of carbonyl (C=O) groups excluding carboxylic acids is 2. The monoisotopic (exact) mass is 445 g/mol. The second-order valence-electron chi connectivity index (χ2n) is 6.16. The zero-order valence-electron chi connectivity index (χ0n) is 16.0. The van der Waals surface area contributed by atoms with Crippen LogP contribution in [-0.4, -0.2) is 24.7 Å². The minimum absolute atomic E-state index is 0.249. The molecule has 1 heterocycles. The number of ether oxygens (including phenoxy) is 1. The largest absolute Gasteiger partial charge is 0.462 e. The molecule has 150 valence electrons. The Labute approximate surface area is 183 Å². The lowest BCUT2D eigenvalue weighted by atomic mass is 10.0. The number of hydrogen-bond acceptors (Lipinski definition) is 5. The van der Waals surface area contributed by atoms with Crippen LogP contribution >= 0.6 is 34.7 Å². The second-order valence-corrected chi connectivity index (χ2v) is 8.35. The van der Waals surface area contributed by atoms with Crippen molar-refractivity contribution in [1.82, 2.24) is 0 Å². The van der Waals surface area contributed by atoms with Crippen LogP contribution in [-0.2, 0) is 10.5 Å². The highest BCUT2D eigenvalue weighted by Crippen LogP contribution is 2.37. The van der Waals surface area contributed by atoms with E-state index in [4.69, 9.17) is 16.3 Å². The molecule has 0 unspecified atom stereocenters. The Hall–Kier alpha value is -2.28. The predicted octanol–water partition coefficient (Wildman–Crippen LogP) is 6.36. The minimum atomic E-state index is -0.468. The maximum absolute atomic E-state index is 12.7. The van der Waals surface area contributed by atoms with Crippen LogP contribution in [0.2, 0.25) is 5.02 Å². The van der Waals surface area contributed by atoms with Crippen LogP contribution in [0.25, 0.3) is 11.1 Å². The summed E-state index contributed by atoms with van der Waals surface area (Å²) in [4.78, 5) is 25.4. The molecular formula is C22H20ClNO3S2. The lowest BCUT2D eigenvalue weighted by Crippen LogP contribution is -2.14. The standard InChI is InChI=1S/C22H20ClNO3S2/c1-3-27-22(26)19-18(15-8-10-17(23)11-9-15)13-29-21(19)24-20(25)16-6-4-14(5-7-16)12-28-2/h4-11,13H,3,12H2,1-2H3,(H,24,25). The number of esters is 1. The molecule has 0 fully saturated rings. The third-order valence-corrected chi connectivity index (χ3v) is 5.95. The fourth-order valence-electron chi connectivity index (χ4n) is 2.79. The highest BCUT2D eigenvalue weighted by Gasteiger charge is 2.23. The minimum Gasteiger partial charge on any atom is -0.462 e. The summed E-state index contributed by atoms with van der Waals surface area (Å²) in [6, 6.07) is 14.6. The second kappa shape index (κ2) is 9.96. The molecule has 0 saturated carbocycles. The van der Waals surface area contributed by atoms with Gasteiger partial charge in [-0.3, -0.25) is 4.79 Å². The summed E-state index contributed by atoms with van der Waals surface area (Å²) < 4.78 is 5.23. The van der Waals surface area contributed by atoms with Gasteiger partial charge in [-0.25, -0.2) is 4.79 Å². The quantitative estimate of drug-likeness (QED) is 0.430. The first kappa shape index (κ1) is 21.4. The predicted molar refractivity (Wildman–Crippen MR) is 122 cm³/mol. The van der Waals surface area contributed by atoms with E-state index in [0.29, 0.717) is 26.7 Å². The summed E-state index contributed by atoms with van der Waals surface area (Å²) in [5.74, 6) is 0.157. The fraction of sp³-hybridized carbons (Fsp3) is 0.182. The Morgan fingerprint density at radius 2 is 1.79 bits per heavy atom. The number of thiophene rings is 1. The number of halogens is 1. The lowest BCUT2D eigenvalue weighted by molar-refractivity contribution is 0.0529. The molecule has 0 aliphatic heterocycles. The van der Waals surface area contributed by atoms with Gasteiger partial charge in [0, 0.05) is 27.3 Å². The van der Waals surface area contributed by atoms with Crippen molar-refractivity contribution in [2.45, 2.75) is 12.7 Å². The molecule has 0 bridgehead atoms. The van der Waals surface area contributed by atoms with E-state index in [0.717, 1.165) is 16.9 Å². The van der Waals surface area contributed by atoms with E-state index >= 15 is 0 Å². The molecule has 0 saturated heterocycles. The van der Waals surface area contributed by atoms with Crippen LogP contribution in [0.15, 0.2) is 53.9 Å². The van der Waals surface area contributed by atoms with Gasteiger partial charge in [-0.1, -0.05) is 35.9 Å². The topological polar surface area (TPSA) is 55.4 Å². The summed E-state index contributed by atoms with van der Waals surface area (Å²) in [6.07, 6.45) is 2.03. The lowest BCUT2D eigenvalue weighted by Gasteiger charge is -2.09. The molecular weight excluding hydrogens is 426 g/mol. The molecule has 7 heteroatoms. The zero-order chi connectivity index (χ0) is 20.8. The van der Waals surface area contributed by atoms with Crippen LogP contribution in [0.5, 0.6) is 0 Å². The van der Waals surface area contributed by atoms with Crippen molar-refractivity contribution >= 4 is 51.6 Å². The van der Waals surface area contributed by atoms with Gasteiger partial charge >= 0.3 is 5.97 Å². The molecule has 0 aliphatic rings. The van der Waals surface area contributed by atoms with Crippen molar-refractivity contribution in [3.63, 3.8) is 0 Å². The molecule has 29 heavy (non-hydrogen) atoms. The van der Waals surface area contributed by atoms with Gasteiger partial charge in [0.05, 0.1) is 6.61 Å². The number of thioether (sulfide) groups is 1. The average Bonchev–Trinajstić information content (AvgIpc) is 3.13. The number of benzene rings is 2. The number of anilines is 1. The molecule has 0 aliphatic carbocycles. The number of amides is 1. The molecule has 0 spiro atoms. The Morgan fingerprint density at radius 3 is 2.41 bits per heavy atom. The third kappa shape index (κ3) is 5.21. The summed E-state index contributed by atoms with van der Waals surface area (Å²) in [7, 11) is 0. The van der Waals surface area contributed by atoms with E-state index in [1.807, 2.05) is 35.9 Å².